The summed E-state index contributed by atoms with van der Waals surface area (Å²) in [5, 5.41) is 0.951. The van der Waals surface area contributed by atoms with Crippen LogP contribution in [0.2, 0.25) is 0 Å². The van der Waals surface area contributed by atoms with Crippen molar-refractivity contribution in [3.05, 3.63) is 15.4 Å². The van der Waals surface area contributed by atoms with Gasteiger partial charge in [0.15, 0.2) is 5.06 Å². The Kier molecular flexibility index (Phi) is 5.73. The van der Waals surface area contributed by atoms with E-state index in [2.05, 4.69) is 33.8 Å². The van der Waals surface area contributed by atoms with Gasteiger partial charge in [-0.15, -0.1) is 23.7 Å². The summed E-state index contributed by atoms with van der Waals surface area (Å²) in [6.45, 7) is 5.29. The van der Waals surface area contributed by atoms with Crippen LogP contribution in [0.25, 0.3) is 0 Å². The molecule has 0 radical (unpaired) electrons. The van der Waals surface area contributed by atoms with Gasteiger partial charge in [0.2, 0.25) is 0 Å². The van der Waals surface area contributed by atoms with Crippen molar-refractivity contribution in [2.45, 2.75) is 19.5 Å². The summed E-state index contributed by atoms with van der Waals surface area (Å²) in [6, 6.07) is 2.46. The maximum absolute atomic E-state index is 6.01. The molecule has 1 saturated heterocycles. The molecule has 1 aromatic rings. The van der Waals surface area contributed by atoms with E-state index in [1.54, 1.807) is 18.4 Å². The zero-order valence-corrected chi connectivity index (χ0v) is 13.2. The lowest BCUT2D eigenvalue weighted by atomic mass is 10.1. The third-order valence-electron chi connectivity index (χ3n) is 3.02. The highest BCUT2D eigenvalue weighted by Gasteiger charge is 2.26. The van der Waals surface area contributed by atoms with Gasteiger partial charge in [0.25, 0.3) is 0 Å². The lowest BCUT2D eigenvalue weighted by Crippen LogP contribution is -2.28. The molecule has 2 N–H and O–H groups in total. The smallest absolute Gasteiger partial charge is 0.188 e. The lowest BCUT2D eigenvalue weighted by Gasteiger charge is -2.13. The summed E-state index contributed by atoms with van der Waals surface area (Å²) >= 11 is 5.19. The molecule has 0 saturated carbocycles. The minimum Gasteiger partial charge on any atom is -0.486 e. The van der Waals surface area contributed by atoms with Gasteiger partial charge in [-0.2, -0.15) is 0 Å². The zero-order valence-electron chi connectivity index (χ0n) is 9.98. The highest BCUT2D eigenvalue weighted by molar-refractivity contribution is 9.10. The van der Waals surface area contributed by atoms with Gasteiger partial charge >= 0.3 is 0 Å². The van der Waals surface area contributed by atoms with Crippen LogP contribution in [0.5, 0.6) is 5.06 Å². The summed E-state index contributed by atoms with van der Waals surface area (Å²) in [7, 11) is 1.70. The highest BCUT2D eigenvalue weighted by atomic mass is 79.9. The van der Waals surface area contributed by atoms with Crippen LogP contribution in [0.4, 0.5) is 0 Å². The second kappa shape index (κ2) is 6.38. The molecule has 0 spiro atoms. The monoisotopic (exact) mass is 340 g/mol. The van der Waals surface area contributed by atoms with E-state index in [0.717, 1.165) is 29.2 Å². The van der Waals surface area contributed by atoms with Crippen LogP contribution in [-0.2, 0) is 6.54 Å². The minimum absolute atomic E-state index is 0. The minimum atomic E-state index is 0. The Labute approximate surface area is 121 Å². The topological polar surface area (TPSA) is 38.5 Å². The number of likely N-dealkylation sites (tertiary alicyclic amines) is 1. The molecule has 0 bridgehead atoms. The van der Waals surface area contributed by atoms with Crippen LogP contribution in [0.15, 0.2) is 10.5 Å². The fourth-order valence-electron chi connectivity index (χ4n) is 2.06. The molecule has 1 aromatic heterocycles. The SMILES string of the molecule is COc1sc(CN2CC(C)C(N)C2)cc1Br.Cl. The van der Waals surface area contributed by atoms with Crippen molar-refractivity contribution in [1.82, 2.24) is 4.90 Å². The first-order valence-electron chi connectivity index (χ1n) is 5.40. The van der Waals surface area contributed by atoms with E-state index in [0.29, 0.717) is 12.0 Å². The molecule has 1 aliphatic rings. The molecule has 98 valence electrons. The Bertz CT molecular complexity index is 364. The lowest BCUT2D eigenvalue weighted by molar-refractivity contribution is 0.322. The van der Waals surface area contributed by atoms with E-state index in [-0.39, 0.29) is 12.4 Å². The van der Waals surface area contributed by atoms with Gasteiger partial charge in [-0.1, -0.05) is 6.92 Å². The number of nitrogens with two attached hydrogens (primary N) is 1. The number of ether oxygens (including phenoxy) is 1. The Morgan fingerprint density at radius 2 is 2.29 bits per heavy atom. The fourth-order valence-corrected chi connectivity index (χ4v) is 3.79. The molecule has 6 heteroatoms. The van der Waals surface area contributed by atoms with Crippen molar-refractivity contribution >= 4 is 39.7 Å². The van der Waals surface area contributed by atoms with Crippen LogP contribution in [-0.4, -0.2) is 31.1 Å². The van der Waals surface area contributed by atoms with E-state index >= 15 is 0 Å². The van der Waals surface area contributed by atoms with Gasteiger partial charge in [0, 0.05) is 30.6 Å². The normalized spacial score (nSPS) is 24.7. The average molecular weight is 342 g/mol. The number of halogens is 2. The Morgan fingerprint density at radius 3 is 2.76 bits per heavy atom. The molecule has 0 aromatic carbocycles. The Hall–Kier alpha value is 0.190. The molecule has 17 heavy (non-hydrogen) atoms. The van der Waals surface area contributed by atoms with Crippen LogP contribution >= 0.6 is 39.7 Å². The van der Waals surface area contributed by atoms with Crippen molar-refractivity contribution in [1.29, 1.82) is 0 Å². The Morgan fingerprint density at radius 1 is 1.59 bits per heavy atom. The first-order valence-corrected chi connectivity index (χ1v) is 7.01. The molecule has 2 unspecified atom stereocenters. The molecular formula is C11H18BrClN2OS. The van der Waals surface area contributed by atoms with Gasteiger partial charge in [-0.25, -0.2) is 0 Å². The molecule has 3 nitrogen and oxygen atoms in total. The van der Waals surface area contributed by atoms with Crippen molar-refractivity contribution in [3.8, 4) is 5.06 Å². The van der Waals surface area contributed by atoms with Crippen molar-refractivity contribution in [2.24, 2.45) is 11.7 Å². The second-order valence-corrected chi connectivity index (χ2v) is 6.34. The molecule has 0 aliphatic carbocycles. The predicted octanol–water partition coefficient (Wildman–Crippen LogP) is 2.72. The van der Waals surface area contributed by atoms with Crippen LogP contribution < -0.4 is 10.5 Å². The third-order valence-corrected chi connectivity index (χ3v) is 4.95. The molecule has 2 rings (SSSR count). The number of rotatable bonds is 3. The summed E-state index contributed by atoms with van der Waals surface area (Å²) in [6.07, 6.45) is 0. The van der Waals surface area contributed by atoms with Crippen LogP contribution in [0.3, 0.4) is 0 Å². The van der Waals surface area contributed by atoms with E-state index in [1.165, 1.54) is 4.88 Å². The number of thiophene rings is 1. The van der Waals surface area contributed by atoms with Crippen LogP contribution in [0.1, 0.15) is 11.8 Å². The summed E-state index contributed by atoms with van der Waals surface area (Å²) in [5.41, 5.74) is 6.01. The number of nitrogens with zero attached hydrogens (tertiary/aromatic N) is 1. The molecule has 2 atom stereocenters. The highest BCUT2D eigenvalue weighted by Crippen LogP contribution is 2.35. The maximum Gasteiger partial charge on any atom is 0.188 e. The number of hydrogen-bond donors (Lipinski definition) is 1. The number of hydrogen-bond acceptors (Lipinski definition) is 4. The fraction of sp³-hybridized carbons (Fsp3) is 0.636. The summed E-state index contributed by atoms with van der Waals surface area (Å²) in [4.78, 5) is 3.73. The standard InChI is InChI=1S/C11H17BrN2OS.ClH/c1-7-4-14(6-10(7)13)5-8-3-9(12)11(15-2)16-8;/h3,7,10H,4-6,13H2,1-2H3;1H. The van der Waals surface area contributed by atoms with Gasteiger partial charge in [0.1, 0.15) is 0 Å². The first-order chi connectivity index (χ1) is 7.60. The average Bonchev–Trinajstić information content (AvgIpc) is 2.72. The van der Waals surface area contributed by atoms with E-state index in [9.17, 15) is 0 Å². The Balaban J connectivity index is 0.00000144. The molecule has 1 fully saturated rings. The quantitative estimate of drug-likeness (QED) is 0.918. The molecule has 2 heterocycles. The molecular weight excluding hydrogens is 324 g/mol. The van der Waals surface area contributed by atoms with Crippen LogP contribution in [0, 0.1) is 5.92 Å². The third kappa shape index (κ3) is 3.58. The first kappa shape index (κ1) is 15.2. The van der Waals surface area contributed by atoms with E-state index in [4.69, 9.17) is 10.5 Å². The number of methoxy groups -OCH3 is 1. The van der Waals surface area contributed by atoms with E-state index in [1.807, 2.05) is 0 Å². The zero-order chi connectivity index (χ0) is 11.7. The van der Waals surface area contributed by atoms with Crippen molar-refractivity contribution in [2.75, 3.05) is 20.2 Å². The van der Waals surface area contributed by atoms with E-state index < -0.39 is 0 Å². The van der Waals surface area contributed by atoms with Gasteiger partial charge in [-0.05, 0) is 27.9 Å². The van der Waals surface area contributed by atoms with Crippen molar-refractivity contribution < 1.29 is 4.74 Å². The largest absolute Gasteiger partial charge is 0.486 e. The van der Waals surface area contributed by atoms with Gasteiger partial charge < -0.3 is 10.5 Å². The summed E-state index contributed by atoms with van der Waals surface area (Å²) in [5.74, 6) is 0.602. The second-order valence-electron chi connectivity index (χ2n) is 4.39. The van der Waals surface area contributed by atoms with Crippen molar-refractivity contribution in [3.63, 3.8) is 0 Å². The summed E-state index contributed by atoms with van der Waals surface area (Å²) < 4.78 is 6.31. The maximum atomic E-state index is 6.01. The molecule has 0 amide bonds. The molecule has 1 aliphatic heterocycles. The van der Waals surface area contributed by atoms with Gasteiger partial charge in [-0.3, -0.25) is 4.90 Å². The van der Waals surface area contributed by atoms with Gasteiger partial charge in [0.05, 0.1) is 11.6 Å². The predicted molar refractivity (Wildman–Crippen MR) is 78.2 cm³/mol.